The Balaban J connectivity index is 1.73. The Morgan fingerprint density at radius 3 is 2.86 bits per heavy atom. The van der Waals surface area contributed by atoms with Gasteiger partial charge in [-0.1, -0.05) is 5.16 Å². The van der Waals surface area contributed by atoms with E-state index in [0.717, 1.165) is 11.5 Å². The van der Waals surface area contributed by atoms with E-state index >= 15 is 0 Å². The fourth-order valence-electron chi connectivity index (χ4n) is 2.75. The molecule has 0 aromatic carbocycles. The van der Waals surface area contributed by atoms with Gasteiger partial charge in [-0.15, -0.1) is 0 Å². The summed E-state index contributed by atoms with van der Waals surface area (Å²) < 4.78 is 10.0. The lowest BCUT2D eigenvalue weighted by molar-refractivity contribution is -0.151. The molecule has 0 bridgehead atoms. The average Bonchev–Trinajstić information content (AvgIpc) is 2.85. The van der Waals surface area contributed by atoms with Crippen LogP contribution >= 0.6 is 0 Å². The molecule has 1 aromatic rings. The van der Waals surface area contributed by atoms with E-state index in [4.69, 9.17) is 9.26 Å². The standard InChI is InChI=1S/C15H24N2O4/c1-3-20-14(18)12-4-6-15(19,7-5-12)10-16-9-13-8-11(2)21-17-13/h8,12,16,19H,3-7,9-10H2,1-2H3. The molecule has 118 valence electrons. The molecule has 1 aliphatic rings. The van der Waals surface area contributed by atoms with Gasteiger partial charge in [0.2, 0.25) is 0 Å². The van der Waals surface area contributed by atoms with Gasteiger partial charge in [0.15, 0.2) is 0 Å². The van der Waals surface area contributed by atoms with E-state index in [1.165, 1.54) is 0 Å². The third-order valence-corrected chi connectivity index (χ3v) is 3.97. The molecular formula is C15H24N2O4. The predicted molar refractivity (Wildman–Crippen MR) is 76.5 cm³/mol. The Labute approximate surface area is 124 Å². The second-order valence-electron chi connectivity index (χ2n) is 5.78. The Morgan fingerprint density at radius 2 is 2.29 bits per heavy atom. The molecule has 0 atom stereocenters. The predicted octanol–water partition coefficient (Wildman–Crippen LogP) is 1.56. The number of aryl methyl sites for hydroxylation is 1. The van der Waals surface area contributed by atoms with Crippen LogP contribution in [0.5, 0.6) is 0 Å². The minimum atomic E-state index is -0.748. The van der Waals surface area contributed by atoms with Gasteiger partial charge >= 0.3 is 5.97 Å². The summed E-state index contributed by atoms with van der Waals surface area (Å²) in [6, 6.07) is 1.87. The molecule has 0 aliphatic heterocycles. The first-order valence-electron chi connectivity index (χ1n) is 7.54. The number of aliphatic hydroxyl groups is 1. The second-order valence-corrected chi connectivity index (χ2v) is 5.78. The van der Waals surface area contributed by atoms with Crippen molar-refractivity contribution < 1.29 is 19.2 Å². The number of carbonyl (C=O) groups is 1. The molecule has 2 N–H and O–H groups in total. The van der Waals surface area contributed by atoms with E-state index in [9.17, 15) is 9.90 Å². The number of ether oxygens (including phenoxy) is 1. The van der Waals surface area contributed by atoms with Crippen molar-refractivity contribution in [3.8, 4) is 0 Å². The SMILES string of the molecule is CCOC(=O)C1CCC(O)(CNCc2cc(C)on2)CC1. The molecule has 2 rings (SSSR count). The summed E-state index contributed by atoms with van der Waals surface area (Å²) in [6.07, 6.45) is 2.59. The van der Waals surface area contributed by atoms with Crippen LogP contribution in [0.1, 0.15) is 44.1 Å². The number of hydrogen-bond acceptors (Lipinski definition) is 6. The normalized spacial score (nSPS) is 25.8. The fraction of sp³-hybridized carbons (Fsp3) is 0.733. The fourth-order valence-corrected chi connectivity index (χ4v) is 2.75. The molecule has 0 unspecified atom stereocenters. The number of hydrogen-bond donors (Lipinski definition) is 2. The molecule has 1 fully saturated rings. The summed E-state index contributed by atoms with van der Waals surface area (Å²) in [5.74, 6) is 0.578. The summed E-state index contributed by atoms with van der Waals surface area (Å²) in [6.45, 7) is 5.14. The van der Waals surface area contributed by atoms with Crippen molar-refractivity contribution in [3.05, 3.63) is 17.5 Å². The van der Waals surface area contributed by atoms with Crippen LogP contribution in [-0.4, -0.2) is 35.0 Å². The van der Waals surface area contributed by atoms with Crippen LogP contribution in [0.2, 0.25) is 0 Å². The maximum absolute atomic E-state index is 11.7. The highest BCUT2D eigenvalue weighted by molar-refractivity contribution is 5.72. The number of aromatic nitrogens is 1. The van der Waals surface area contributed by atoms with Gasteiger partial charge in [0.05, 0.1) is 23.8 Å². The van der Waals surface area contributed by atoms with Crippen LogP contribution in [0.25, 0.3) is 0 Å². The lowest BCUT2D eigenvalue weighted by atomic mass is 9.79. The molecule has 0 saturated heterocycles. The van der Waals surface area contributed by atoms with Crippen molar-refractivity contribution in [1.29, 1.82) is 0 Å². The van der Waals surface area contributed by atoms with Crippen LogP contribution in [0.4, 0.5) is 0 Å². The first-order valence-corrected chi connectivity index (χ1v) is 7.54. The lowest BCUT2D eigenvalue weighted by Gasteiger charge is -2.35. The third kappa shape index (κ3) is 4.54. The van der Waals surface area contributed by atoms with Crippen LogP contribution in [0.3, 0.4) is 0 Å². The van der Waals surface area contributed by atoms with Gasteiger partial charge < -0.3 is 19.7 Å². The summed E-state index contributed by atoms with van der Waals surface area (Å²) in [5.41, 5.74) is 0.0817. The Bertz CT molecular complexity index is 464. The summed E-state index contributed by atoms with van der Waals surface area (Å²) in [5, 5.41) is 17.6. The summed E-state index contributed by atoms with van der Waals surface area (Å²) in [4.78, 5) is 11.7. The zero-order chi connectivity index (χ0) is 15.3. The van der Waals surface area contributed by atoms with E-state index in [-0.39, 0.29) is 11.9 Å². The highest BCUT2D eigenvalue weighted by Gasteiger charge is 2.36. The van der Waals surface area contributed by atoms with E-state index in [2.05, 4.69) is 10.5 Å². The summed E-state index contributed by atoms with van der Waals surface area (Å²) >= 11 is 0. The maximum Gasteiger partial charge on any atom is 0.308 e. The first-order chi connectivity index (χ1) is 10.0. The first kappa shape index (κ1) is 16.0. The van der Waals surface area contributed by atoms with E-state index in [1.54, 1.807) is 0 Å². The number of esters is 1. The summed E-state index contributed by atoms with van der Waals surface area (Å²) in [7, 11) is 0. The Kier molecular flexibility index (Phi) is 5.36. The van der Waals surface area contributed by atoms with Gasteiger partial charge in [-0.3, -0.25) is 4.79 Å². The van der Waals surface area contributed by atoms with Gasteiger partial charge in [0.1, 0.15) is 5.76 Å². The topological polar surface area (TPSA) is 84.6 Å². The minimum Gasteiger partial charge on any atom is -0.466 e. The van der Waals surface area contributed by atoms with Crippen LogP contribution in [0.15, 0.2) is 10.6 Å². The van der Waals surface area contributed by atoms with E-state index < -0.39 is 5.60 Å². The molecule has 1 aliphatic carbocycles. The third-order valence-electron chi connectivity index (χ3n) is 3.97. The number of nitrogens with one attached hydrogen (secondary N) is 1. The molecule has 21 heavy (non-hydrogen) atoms. The molecule has 6 nitrogen and oxygen atoms in total. The van der Waals surface area contributed by atoms with Gasteiger partial charge in [-0.2, -0.15) is 0 Å². The van der Waals surface area contributed by atoms with Crippen molar-refractivity contribution in [3.63, 3.8) is 0 Å². The highest BCUT2D eigenvalue weighted by Crippen LogP contribution is 2.32. The molecule has 1 saturated carbocycles. The molecule has 0 spiro atoms. The van der Waals surface area contributed by atoms with Crippen LogP contribution in [-0.2, 0) is 16.1 Å². The average molecular weight is 296 g/mol. The zero-order valence-corrected chi connectivity index (χ0v) is 12.7. The van der Waals surface area contributed by atoms with Gasteiger partial charge in [-0.25, -0.2) is 0 Å². The largest absolute Gasteiger partial charge is 0.466 e. The minimum absolute atomic E-state index is 0.0663. The molecule has 0 amide bonds. The van der Waals surface area contributed by atoms with Crippen molar-refractivity contribution in [2.75, 3.05) is 13.2 Å². The number of rotatable bonds is 6. The highest BCUT2D eigenvalue weighted by atomic mass is 16.5. The Morgan fingerprint density at radius 1 is 1.57 bits per heavy atom. The number of carbonyl (C=O) groups excluding carboxylic acids is 1. The second kappa shape index (κ2) is 7.04. The van der Waals surface area contributed by atoms with Crippen LogP contribution < -0.4 is 5.32 Å². The van der Waals surface area contributed by atoms with Crippen molar-refractivity contribution in [2.24, 2.45) is 5.92 Å². The Hall–Kier alpha value is -1.40. The monoisotopic (exact) mass is 296 g/mol. The molecule has 6 heteroatoms. The van der Waals surface area contributed by atoms with Crippen LogP contribution in [0, 0.1) is 12.8 Å². The number of nitrogens with zero attached hydrogens (tertiary/aromatic N) is 1. The van der Waals surface area contributed by atoms with Gasteiger partial charge in [-0.05, 0) is 39.5 Å². The zero-order valence-electron chi connectivity index (χ0n) is 12.7. The molecular weight excluding hydrogens is 272 g/mol. The van der Waals surface area contributed by atoms with Crippen molar-refractivity contribution >= 4 is 5.97 Å². The van der Waals surface area contributed by atoms with E-state index in [1.807, 2.05) is 19.9 Å². The molecule has 1 aromatic heterocycles. The molecule has 1 heterocycles. The van der Waals surface area contributed by atoms with Crippen molar-refractivity contribution in [2.45, 2.75) is 51.7 Å². The smallest absolute Gasteiger partial charge is 0.308 e. The quantitative estimate of drug-likeness (QED) is 0.775. The molecule has 0 radical (unpaired) electrons. The maximum atomic E-state index is 11.7. The van der Waals surface area contributed by atoms with E-state index in [0.29, 0.717) is 45.4 Å². The lowest BCUT2D eigenvalue weighted by Crippen LogP contribution is -2.44. The van der Waals surface area contributed by atoms with Crippen molar-refractivity contribution in [1.82, 2.24) is 10.5 Å². The van der Waals surface area contributed by atoms with Gasteiger partial charge in [0, 0.05) is 19.2 Å². The van der Waals surface area contributed by atoms with Gasteiger partial charge in [0.25, 0.3) is 0 Å².